The third-order valence-electron chi connectivity index (χ3n) is 2.55. The molecule has 0 unspecified atom stereocenters. The van der Waals surface area contributed by atoms with Crippen LogP contribution in [0.5, 0.6) is 0 Å². The highest BCUT2D eigenvalue weighted by Gasteiger charge is 2.36. The van der Waals surface area contributed by atoms with Gasteiger partial charge < -0.3 is 0 Å². The van der Waals surface area contributed by atoms with Crippen molar-refractivity contribution in [2.75, 3.05) is 7.05 Å². The zero-order chi connectivity index (χ0) is 11.1. The van der Waals surface area contributed by atoms with Crippen LogP contribution in [0.3, 0.4) is 0 Å². The Morgan fingerprint density at radius 1 is 1.33 bits per heavy atom. The molecule has 0 N–H and O–H groups in total. The third kappa shape index (κ3) is 1.89. The quantitative estimate of drug-likeness (QED) is 0.789. The topological polar surface area (TPSA) is 37.4 Å². The van der Waals surface area contributed by atoms with Crippen LogP contribution in [0.4, 0.5) is 4.39 Å². The molecule has 82 valence electrons. The van der Waals surface area contributed by atoms with Crippen molar-refractivity contribution in [3.63, 3.8) is 0 Å². The van der Waals surface area contributed by atoms with Gasteiger partial charge in [-0.25, -0.2) is 12.8 Å². The molecular formula is C10H12FNO2S. The van der Waals surface area contributed by atoms with Crippen molar-refractivity contribution in [3.8, 4) is 0 Å². The molecule has 0 atom stereocenters. The van der Waals surface area contributed by atoms with Gasteiger partial charge in [-0.3, -0.25) is 0 Å². The van der Waals surface area contributed by atoms with Gasteiger partial charge in [0, 0.05) is 13.1 Å². The Hall–Kier alpha value is -0.940. The Kier molecular flexibility index (Phi) is 2.52. The van der Waals surface area contributed by atoms with Crippen molar-refractivity contribution in [2.24, 2.45) is 0 Å². The van der Waals surface area contributed by atoms with Crippen molar-refractivity contribution in [2.45, 2.75) is 23.8 Å². The summed E-state index contributed by atoms with van der Waals surface area (Å²) in [6.07, 6.45) is 1.73. The standard InChI is InChI=1S/C10H12FNO2S/c1-12(8-6-7-8)15(13,14)10-5-3-2-4-9(10)11/h2-5,8H,6-7H2,1H3. The van der Waals surface area contributed by atoms with Crippen LogP contribution >= 0.6 is 0 Å². The summed E-state index contributed by atoms with van der Waals surface area (Å²) in [6.45, 7) is 0. The number of hydrogen-bond donors (Lipinski definition) is 0. The third-order valence-corrected chi connectivity index (χ3v) is 4.50. The molecule has 1 saturated carbocycles. The van der Waals surface area contributed by atoms with Crippen LogP contribution in [0.25, 0.3) is 0 Å². The molecule has 0 bridgehead atoms. The second kappa shape index (κ2) is 3.57. The molecule has 0 heterocycles. The Morgan fingerprint density at radius 2 is 1.93 bits per heavy atom. The van der Waals surface area contributed by atoms with Crippen molar-refractivity contribution in [1.29, 1.82) is 0 Å². The molecule has 1 fully saturated rings. The van der Waals surface area contributed by atoms with E-state index >= 15 is 0 Å². The van der Waals surface area contributed by atoms with Crippen molar-refractivity contribution < 1.29 is 12.8 Å². The van der Waals surface area contributed by atoms with E-state index in [0.717, 1.165) is 18.9 Å². The minimum absolute atomic E-state index is 0.0506. The van der Waals surface area contributed by atoms with Crippen LogP contribution in [0.15, 0.2) is 29.2 Å². The van der Waals surface area contributed by atoms with E-state index in [1.165, 1.54) is 29.6 Å². The fourth-order valence-corrected chi connectivity index (χ4v) is 2.92. The predicted molar refractivity (Wildman–Crippen MR) is 54.4 cm³/mol. The molecule has 0 amide bonds. The second-order valence-electron chi connectivity index (χ2n) is 3.68. The summed E-state index contributed by atoms with van der Waals surface area (Å²) in [5.74, 6) is -0.690. The summed E-state index contributed by atoms with van der Waals surface area (Å²) in [5, 5.41) is 0. The monoisotopic (exact) mass is 229 g/mol. The van der Waals surface area contributed by atoms with Crippen LogP contribution in [0.2, 0.25) is 0 Å². The summed E-state index contributed by atoms with van der Waals surface area (Å²) in [4.78, 5) is -0.237. The lowest BCUT2D eigenvalue weighted by atomic mass is 10.4. The molecule has 0 aliphatic heterocycles. The van der Waals surface area contributed by atoms with Crippen LogP contribution < -0.4 is 0 Å². The van der Waals surface area contributed by atoms with E-state index in [1.54, 1.807) is 0 Å². The highest BCUT2D eigenvalue weighted by molar-refractivity contribution is 7.89. The van der Waals surface area contributed by atoms with Crippen LogP contribution in [0, 0.1) is 5.82 Å². The van der Waals surface area contributed by atoms with E-state index in [0.29, 0.717) is 0 Å². The van der Waals surface area contributed by atoms with E-state index in [-0.39, 0.29) is 10.9 Å². The molecule has 0 saturated heterocycles. The van der Waals surface area contributed by atoms with E-state index in [9.17, 15) is 12.8 Å². The number of rotatable bonds is 3. The largest absolute Gasteiger partial charge is 0.245 e. The molecule has 1 aromatic rings. The smallest absolute Gasteiger partial charge is 0.207 e. The van der Waals surface area contributed by atoms with Gasteiger partial charge in [0.1, 0.15) is 10.7 Å². The average Bonchev–Trinajstić information content (AvgIpc) is 3.00. The minimum Gasteiger partial charge on any atom is -0.207 e. The molecular weight excluding hydrogens is 217 g/mol. The normalized spacial score (nSPS) is 17.0. The van der Waals surface area contributed by atoms with Crippen molar-refractivity contribution in [3.05, 3.63) is 30.1 Å². The Labute approximate surface area is 88.6 Å². The highest BCUT2D eigenvalue weighted by Crippen LogP contribution is 2.30. The maximum atomic E-state index is 13.3. The van der Waals surface area contributed by atoms with Gasteiger partial charge >= 0.3 is 0 Å². The van der Waals surface area contributed by atoms with Crippen LogP contribution in [0.1, 0.15) is 12.8 Å². The molecule has 5 heteroatoms. The summed E-state index contributed by atoms with van der Waals surface area (Å²) in [5.41, 5.74) is 0. The first-order valence-electron chi connectivity index (χ1n) is 4.76. The van der Waals surface area contributed by atoms with E-state index in [4.69, 9.17) is 0 Å². The lowest BCUT2D eigenvalue weighted by Crippen LogP contribution is -2.29. The number of nitrogens with zero attached hydrogens (tertiary/aromatic N) is 1. The molecule has 15 heavy (non-hydrogen) atoms. The van der Waals surface area contributed by atoms with Gasteiger partial charge in [0.2, 0.25) is 10.0 Å². The summed E-state index contributed by atoms with van der Waals surface area (Å²) >= 11 is 0. The maximum Gasteiger partial charge on any atom is 0.245 e. The van der Waals surface area contributed by atoms with Gasteiger partial charge in [-0.2, -0.15) is 4.31 Å². The highest BCUT2D eigenvalue weighted by atomic mass is 32.2. The number of halogens is 1. The first kappa shape index (κ1) is 10.6. The van der Waals surface area contributed by atoms with Gasteiger partial charge in [0.25, 0.3) is 0 Å². The fraction of sp³-hybridized carbons (Fsp3) is 0.400. The Morgan fingerprint density at radius 3 is 2.47 bits per heavy atom. The van der Waals surface area contributed by atoms with Gasteiger partial charge in [-0.1, -0.05) is 12.1 Å². The molecule has 0 spiro atoms. The van der Waals surface area contributed by atoms with Gasteiger partial charge in [0.05, 0.1) is 0 Å². The van der Waals surface area contributed by atoms with Gasteiger partial charge in [-0.05, 0) is 25.0 Å². The SMILES string of the molecule is CN(C1CC1)S(=O)(=O)c1ccccc1F. The Bertz CT molecular complexity index is 468. The maximum absolute atomic E-state index is 13.3. The molecule has 0 aromatic heterocycles. The lowest BCUT2D eigenvalue weighted by Gasteiger charge is -2.16. The average molecular weight is 229 g/mol. The minimum atomic E-state index is -3.65. The number of hydrogen-bond acceptors (Lipinski definition) is 2. The van der Waals surface area contributed by atoms with E-state index in [1.807, 2.05) is 0 Å². The first-order chi connectivity index (χ1) is 7.03. The first-order valence-corrected chi connectivity index (χ1v) is 6.20. The van der Waals surface area contributed by atoms with E-state index < -0.39 is 15.8 Å². The molecule has 1 aromatic carbocycles. The second-order valence-corrected chi connectivity index (χ2v) is 5.65. The van der Waals surface area contributed by atoms with Crippen molar-refractivity contribution >= 4 is 10.0 Å². The zero-order valence-electron chi connectivity index (χ0n) is 8.35. The molecule has 0 radical (unpaired) electrons. The molecule has 1 aliphatic carbocycles. The van der Waals surface area contributed by atoms with Gasteiger partial charge in [0.15, 0.2) is 0 Å². The predicted octanol–water partition coefficient (Wildman–Crippen LogP) is 1.61. The molecule has 1 aliphatic rings. The zero-order valence-corrected chi connectivity index (χ0v) is 9.17. The number of sulfonamides is 1. The van der Waals surface area contributed by atoms with Crippen molar-refractivity contribution in [1.82, 2.24) is 4.31 Å². The van der Waals surface area contributed by atoms with Crippen LogP contribution in [-0.2, 0) is 10.0 Å². The molecule has 3 nitrogen and oxygen atoms in total. The Balaban J connectivity index is 2.41. The summed E-state index contributed by atoms with van der Waals surface area (Å²) < 4.78 is 38.4. The lowest BCUT2D eigenvalue weighted by molar-refractivity contribution is 0.457. The number of benzene rings is 1. The van der Waals surface area contributed by atoms with Crippen LogP contribution in [-0.4, -0.2) is 25.8 Å². The van der Waals surface area contributed by atoms with E-state index in [2.05, 4.69) is 0 Å². The molecule has 2 rings (SSSR count). The fourth-order valence-electron chi connectivity index (χ4n) is 1.44. The van der Waals surface area contributed by atoms with Gasteiger partial charge in [-0.15, -0.1) is 0 Å². The summed E-state index contributed by atoms with van der Waals surface area (Å²) in [7, 11) is -2.15. The summed E-state index contributed by atoms with van der Waals surface area (Å²) in [6, 6.07) is 5.51.